The summed E-state index contributed by atoms with van der Waals surface area (Å²) in [5.74, 6) is -0.462. The molecule has 1 saturated heterocycles. The van der Waals surface area contributed by atoms with Crippen LogP contribution in [0.15, 0.2) is 30.5 Å². The topological polar surface area (TPSA) is 75.1 Å². The Morgan fingerprint density at radius 3 is 2.69 bits per heavy atom. The molecule has 10 heteroatoms. The highest BCUT2D eigenvalue weighted by atomic mass is 19.4. The van der Waals surface area contributed by atoms with Gasteiger partial charge in [0.25, 0.3) is 5.91 Å². The van der Waals surface area contributed by atoms with Gasteiger partial charge in [-0.3, -0.25) is 9.69 Å². The summed E-state index contributed by atoms with van der Waals surface area (Å²) < 4.78 is 40.2. The number of para-hydroxylation sites is 1. The summed E-state index contributed by atoms with van der Waals surface area (Å²) in [5, 5.41) is 13.3. The number of piperazine rings is 1. The zero-order valence-electron chi connectivity index (χ0n) is 14.0. The Morgan fingerprint density at radius 2 is 1.96 bits per heavy atom. The summed E-state index contributed by atoms with van der Waals surface area (Å²) in [7, 11) is 0. The third-order valence-electron chi connectivity index (χ3n) is 4.11. The third-order valence-corrected chi connectivity index (χ3v) is 4.11. The molecular weight excluding hydrogens is 349 g/mol. The fourth-order valence-corrected chi connectivity index (χ4v) is 2.75. The molecule has 7 nitrogen and oxygen atoms in total. The number of carbonyl (C=O) groups is 1. The van der Waals surface area contributed by atoms with Crippen molar-refractivity contribution in [1.29, 1.82) is 0 Å². The second-order valence-electron chi connectivity index (χ2n) is 5.91. The van der Waals surface area contributed by atoms with Crippen molar-refractivity contribution in [2.75, 3.05) is 39.3 Å². The Hall–Kier alpha value is -2.46. The molecule has 26 heavy (non-hydrogen) atoms. The van der Waals surface area contributed by atoms with Crippen molar-refractivity contribution < 1.29 is 18.0 Å². The number of carbonyl (C=O) groups excluding carboxylic acids is 1. The molecule has 1 fully saturated rings. The Labute approximate surface area is 148 Å². The van der Waals surface area contributed by atoms with Gasteiger partial charge in [-0.2, -0.15) is 13.2 Å². The van der Waals surface area contributed by atoms with E-state index in [1.54, 1.807) is 0 Å². The molecule has 1 aliphatic heterocycles. The van der Waals surface area contributed by atoms with E-state index in [4.69, 9.17) is 0 Å². The van der Waals surface area contributed by atoms with Crippen molar-refractivity contribution in [3.63, 3.8) is 0 Å². The number of alkyl halides is 3. The van der Waals surface area contributed by atoms with Crippen molar-refractivity contribution >= 4 is 5.91 Å². The third kappa shape index (κ3) is 4.38. The van der Waals surface area contributed by atoms with E-state index in [1.807, 2.05) is 0 Å². The van der Waals surface area contributed by atoms with Crippen LogP contribution in [0.5, 0.6) is 0 Å². The lowest BCUT2D eigenvalue weighted by molar-refractivity contribution is -0.137. The lowest BCUT2D eigenvalue weighted by Gasteiger charge is -2.26. The van der Waals surface area contributed by atoms with Crippen LogP contribution in [0.25, 0.3) is 5.69 Å². The van der Waals surface area contributed by atoms with E-state index >= 15 is 0 Å². The van der Waals surface area contributed by atoms with Gasteiger partial charge in [0.15, 0.2) is 5.69 Å². The van der Waals surface area contributed by atoms with Crippen LogP contribution in [0, 0.1) is 0 Å². The molecule has 1 amide bonds. The van der Waals surface area contributed by atoms with Crippen LogP contribution in [-0.4, -0.2) is 65.1 Å². The average molecular weight is 368 g/mol. The van der Waals surface area contributed by atoms with Crippen molar-refractivity contribution in [3.8, 4) is 5.69 Å². The molecule has 3 rings (SSSR count). The molecule has 140 valence electrons. The summed E-state index contributed by atoms with van der Waals surface area (Å²) in [6.07, 6.45) is -3.32. The standard InChI is InChI=1S/C16H19F3N6O/c17-16(18,19)12-3-1-2-4-14(12)25-11-13(22-23-25)15(26)21-7-10-24-8-5-20-6-9-24/h1-4,11,20H,5-10H2,(H,21,26). The number of amides is 1. The zero-order valence-corrected chi connectivity index (χ0v) is 14.0. The minimum absolute atomic E-state index is 0.0257. The van der Waals surface area contributed by atoms with E-state index in [9.17, 15) is 18.0 Å². The Kier molecular flexibility index (Phi) is 5.52. The fourth-order valence-electron chi connectivity index (χ4n) is 2.75. The van der Waals surface area contributed by atoms with E-state index in [0.717, 1.165) is 36.9 Å². The Bertz CT molecular complexity index is 754. The van der Waals surface area contributed by atoms with Crippen molar-refractivity contribution in [2.45, 2.75) is 6.18 Å². The van der Waals surface area contributed by atoms with Gasteiger partial charge in [0.05, 0.1) is 17.4 Å². The SMILES string of the molecule is O=C(NCCN1CCNCC1)c1cn(-c2ccccc2C(F)(F)F)nn1. The van der Waals surface area contributed by atoms with E-state index < -0.39 is 17.6 Å². The minimum atomic E-state index is -4.52. The van der Waals surface area contributed by atoms with Crippen LogP contribution in [0.2, 0.25) is 0 Å². The van der Waals surface area contributed by atoms with Crippen LogP contribution in [0.3, 0.4) is 0 Å². The number of benzene rings is 1. The van der Waals surface area contributed by atoms with E-state index in [1.165, 1.54) is 24.4 Å². The van der Waals surface area contributed by atoms with Crippen molar-refractivity contribution in [1.82, 2.24) is 30.5 Å². The summed E-state index contributed by atoms with van der Waals surface area (Å²) in [6.45, 7) is 4.81. The number of nitrogens with zero attached hydrogens (tertiary/aromatic N) is 4. The summed E-state index contributed by atoms with van der Waals surface area (Å²) in [6, 6.07) is 5.01. The predicted octanol–water partition coefficient (Wildman–Crippen LogP) is 0.921. The quantitative estimate of drug-likeness (QED) is 0.821. The first-order chi connectivity index (χ1) is 12.4. The molecule has 0 bridgehead atoms. The van der Waals surface area contributed by atoms with Gasteiger partial charge in [-0.15, -0.1) is 5.10 Å². The lowest BCUT2D eigenvalue weighted by atomic mass is 10.1. The van der Waals surface area contributed by atoms with Gasteiger partial charge in [0, 0.05) is 39.3 Å². The van der Waals surface area contributed by atoms with Crippen molar-refractivity contribution in [3.05, 3.63) is 41.7 Å². The van der Waals surface area contributed by atoms with Crippen LogP contribution >= 0.6 is 0 Å². The summed E-state index contributed by atoms with van der Waals surface area (Å²) >= 11 is 0. The largest absolute Gasteiger partial charge is 0.418 e. The molecule has 0 spiro atoms. The van der Waals surface area contributed by atoms with E-state index in [0.29, 0.717) is 13.1 Å². The maximum Gasteiger partial charge on any atom is 0.418 e. The molecule has 0 atom stereocenters. The van der Waals surface area contributed by atoms with Crippen molar-refractivity contribution in [2.24, 2.45) is 0 Å². The number of hydrogen-bond acceptors (Lipinski definition) is 5. The normalized spacial score (nSPS) is 15.8. The van der Waals surface area contributed by atoms with Gasteiger partial charge in [0.1, 0.15) is 0 Å². The number of nitrogens with one attached hydrogen (secondary N) is 2. The van der Waals surface area contributed by atoms with Gasteiger partial charge >= 0.3 is 6.18 Å². The highest BCUT2D eigenvalue weighted by Crippen LogP contribution is 2.33. The maximum absolute atomic E-state index is 13.1. The number of rotatable bonds is 5. The Balaban J connectivity index is 1.63. The first-order valence-electron chi connectivity index (χ1n) is 8.25. The molecular formula is C16H19F3N6O. The number of hydrogen-bond donors (Lipinski definition) is 2. The van der Waals surface area contributed by atoms with Gasteiger partial charge in [-0.25, -0.2) is 4.68 Å². The summed E-state index contributed by atoms with van der Waals surface area (Å²) in [5.41, 5.74) is -1.04. The van der Waals surface area contributed by atoms with E-state index in [2.05, 4.69) is 25.8 Å². The van der Waals surface area contributed by atoms with Gasteiger partial charge in [-0.1, -0.05) is 17.3 Å². The van der Waals surface area contributed by atoms with Crippen LogP contribution < -0.4 is 10.6 Å². The lowest BCUT2D eigenvalue weighted by Crippen LogP contribution is -2.46. The van der Waals surface area contributed by atoms with Crippen LogP contribution in [0.4, 0.5) is 13.2 Å². The number of halogens is 3. The predicted molar refractivity (Wildman–Crippen MR) is 88.0 cm³/mol. The molecule has 1 aliphatic rings. The maximum atomic E-state index is 13.1. The zero-order chi connectivity index (χ0) is 18.6. The molecule has 0 aliphatic carbocycles. The fraction of sp³-hybridized carbons (Fsp3) is 0.438. The highest BCUT2D eigenvalue weighted by Gasteiger charge is 2.34. The van der Waals surface area contributed by atoms with Gasteiger partial charge < -0.3 is 10.6 Å². The highest BCUT2D eigenvalue weighted by molar-refractivity contribution is 5.91. The monoisotopic (exact) mass is 368 g/mol. The van der Waals surface area contributed by atoms with Gasteiger partial charge in [-0.05, 0) is 12.1 Å². The molecule has 0 unspecified atom stereocenters. The molecule has 1 aromatic heterocycles. The van der Waals surface area contributed by atoms with Gasteiger partial charge in [0.2, 0.25) is 0 Å². The van der Waals surface area contributed by atoms with E-state index in [-0.39, 0.29) is 11.4 Å². The second-order valence-corrected chi connectivity index (χ2v) is 5.91. The summed E-state index contributed by atoms with van der Waals surface area (Å²) in [4.78, 5) is 14.3. The minimum Gasteiger partial charge on any atom is -0.349 e. The molecule has 0 saturated carbocycles. The first-order valence-corrected chi connectivity index (χ1v) is 8.25. The molecule has 0 radical (unpaired) electrons. The number of aromatic nitrogens is 3. The second kappa shape index (κ2) is 7.83. The molecule has 1 aromatic carbocycles. The first kappa shape index (κ1) is 18.3. The molecule has 2 N–H and O–H groups in total. The average Bonchev–Trinajstić information content (AvgIpc) is 3.12. The smallest absolute Gasteiger partial charge is 0.349 e. The van der Waals surface area contributed by atoms with Crippen LogP contribution in [0.1, 0.15) is 16.1 Å². The Morgan fingerprint density at radius 1 is 1.23 bits per heavy atom. The van der Waals surface area contributed by atoms with Crippen LogP contribution in [-0.2, 0) is 6.18 Å². The molecule has 2 heterocycles. The molecule has 2 aromatic rings.